The predicted octanol–water partition coefficient (Wildman–Crippen LogP) is 1.58. The summed E-state index contributed by atoms with van der Waals surface area (Å²) in [4.78, 5) is 10.9. The lowest BCUT2D eigenvalue weighted by molar-refractivity contribution is -0.137. The zero-order valence-corrected chi connectivity index (χ0v) is 10.7. The predicted molar refractivity (Wildman–Crippen MR) is 69.0 cm³/mol. The molecule has 6 heteroatoms. The third-order valence-corrected chi connectivity index (χ3v) is 3.88. The van der Waals surface area contributed by atoms with Crippen LogP contribution < -0.4 is 10.1 Å². The fraction of sp³-hybridized carbons (Fsp3) is 0.417. The molecule has 1 aliphatic heterocycles. The number of hydrogen-bond donors (Lipinski definition) is 3. The van der Waals surface area contributed by atoms with Crippen LogP contribution in [0.5, 0.6) is 11.5 Å². The van der Waals surface area contributed by atoms with Crippen molar-refractivity contribution in [2.45, 2.75) is 18.3 Å². The Bertz CT molecular complexity index is 452. The SMILES string of the molecule is CCOc1cc(O)ccc1[C@H]1CS[C@@H](C(=O)O)N1. The minimum absolute atomic E-state index is 0.0711. The van der Waals surface area contributed by atoms with Gasteiger partial charge in [0.2, 0.25) is 0 Å². The van der Waals surface area contributed by atoms with E-state index in [1.807, 2.05) is 6.92 Å². The number of ether oxygens (including phenoxy) is 1. The molecule has 1 heterocycles. The molecule has 0 aliphatic carbocycles. The van der Waals surface area contributed by atoms with Crippen LogP contribution in [0.3, 0.4) is 0 Å². The normalized spacial score (nSPS) is 22.9. The van der Waals surface area contributed by atoms with Crippen LogP contribution in [0.2, 0.25) is 0 Å². The summed E-state index contributed by atoms with van der Waals surface area (Å²) in [5.74, 6) is 0.547. The second-order valence-electron chi connectivity index (χ2n) is 3.93. The summed E-state index contributed by atoms with van der Waals surface area (Å²) < 4.78 is 5.47. The molecule has 3 N–H and O–H groups in total. The number of carboxylic acids is 1. The van der Waals surface area contributed by atoms with E-state index < -0.39 is 11.3 Å². The average Bonchev–Trinajstić information content (AvgIpc) is 2.79. The Morgan fingerprint density at radius 3 is 3.00 bits per heavy atom. The van der Waals surface area contributed by atoms with E-state index in [-0.39, 0.29) is 11.8 Å². The van der Waals surface area contributed by atoms with Gasteiger partial charge >= 0.3 is 5.97 Å². The van der Waals surface area contributed by atoms with E-state index in [0.29, 0.717) is 18.1 Å². The van der Waals surface area contributed by atoms with Crippen molar-refractivity contribution < 1.29 is 19.7 Å². The van der Waals surface area contributed by atoms with Crippen LogP contribution in [0.4, 0.5) is 0 Å². The molecule has 0 unspecified atom stereocenters. The van der Waals surface area contributed by atoms with Crippen molar-refractivity contribution in [3.8, 4) is 11.5 Å². The Kier molecular flexibility index (Phi) is 3.98. The average molecular weight is 269 g/mol. The Morgan fingerprint density at radius 2 is 2.39 bits per heavy atom. The number of benzene rings is 1. The monoisotopic (exact) mass is 269 g/mol. The second-order valence-corrected chi connectivity index (χ2v) is 5.06. The van der Waals surface area contributed by atoms with Gasteiger partial charge in [0.15, 0.2) is 5.37 Å². The summed E-state index contributed by atoms with van der Waals surface area (Å²) in [6.07, 6.45) is 0. The van der Waals surface area contributed by atoms with E-state index in [1.54, 1.807) is 18.2 Å². The van der Waals surface area contributed by atoms with Crippen molar-refractivity contribution in [1.29, 1.82) is 0 Å². The van der Waals surface area contributed by atoms with Gasteiger partial charge in [-0.3, -0.25) is 5.32 Å². The number of carboxylic acid groups (broad SMARTS) is 1. The van der Waals surface area contributed by atoms with Crippen molar-refractivity contribution in [2.24, 2.45) is 0 Å². The lowest BCUT2D eigenvalue weighted by Crippen LogP contribution is -2.30. The molecule has 0 bridgehead atoms. The molecule has 1 aromatic rings. The van der Waals surface area contributed by atoms with Crippen molar-refractivity contribution in [3.05, 3.63) is 23.8 Å². The first-order chi connectivity index (χ1) is 8.61. The number of aromatic hydroxyl groups is 1. The van der Waals surface area contributed by atoms with Gasteiger partial charge in [-0.2, -0.15) is 0 Å². The minimum Gasteiger partial charge on any atom is -0.508 e. The second kappa shape index (κ2) is 5.49. The Balaban J connectivity index is 2.20. The number of phenols is 1. The Hall–Kier alpha value is -1.40. The fourth-order valence-electron chi connectivity index (χ4n) is 1.88. The highest BCUT2D eigenvalue weighted by atomic mass is 32.2. The summed E-state index contributed by atoms with van der Waals surface area (Å²) in [6.45, 7) is 2.36. The molecule has 0 radical (unpaired) electrons. The summed E-state index contributed by atoms with van der Waals surface area (Å²) >= 11 is 1.36. The molecule has 0 saturated carbocycles. The quantitative estimate of drug-likeness (QED) is 0.770. The molecule has 0 aromatic heterocycles. The third-order valence-electron chi connectivity index (χ3n) is 2.68. The van der Waals surface area contributed by atoms with Crippen molar-refractivity contribution in [1.82, 2.24) is 5.32 Å². The fourth-order valence-corrected chi connectivity index (χ4v) is 2.95. The highest BCUT2D eigenvalue weighted by Crippen LogP contribution is 2.35. The van der Waals surface area contributed by atoms with Gasteiger partial charge < -0.3 is 14.9 Å². The van der Waals surface area contributed by atoms with Gasteiger partial charge in [0.25, 0.3) is 0 Å². The van der Waals surface area contributed by atoms with E-state index >= 15 is 0 Å². The van der Waals surface area contributed by atoms with Crippen molar-refractivity contribution >= 4 is 17.7 Å². The van der Waals surface area contributed by atoms with E-state index in [2.05, 4.69) is 5.32 Å². The largest absolute Gasteiger partial charge is 0.508 e. The zero-order chi connectivity index (χ0) is 13.1. The molecule has 5 nitrogen and oxygen atoms in total. The number of phenolic OH excluding ortho intramolecular Hbond substituents is 1. The first-order valence-electron chi connectivity index (χ1n) is 5.68. The summed E-state index contributed by atoms with van der Waals surface area (Å²) in [5.41, 5.74) is 0.880. The van der Waals surface area contributed by atoms with Crippen LogP contribution in [0.15, 0.2) is 18.2 Å². The van der Waals surface area contributed by atoms with Crippen LogP contribution >= 0.6 is 11.8 Å². The number of nitrogens with one attached hydrogen (secondary N) is 1. The van der Waals surface area contributed by atoms with E-state index in [1.165, 1.54) is 11.8 Å². The van der Waals surface area contributed by atoms with Crippen molar-refractivity contribution in [2.75, 3.05) is 12.4 Å². The van der Waals surface area contributed by atoms with Crippen LogP contribution in [0.25, 0.3) is 0 Å². The molecule has 1 fully saturated rings. The number of aliphatic carboxylic acids is 1. The maximum absolute atomic E-state index is 10.9. The number of hydrogen-bond acceptors (Lipinski definition) is 5. The molecule has 0 spiro atoms. The molecule has 0 amide bonds. The first-order valence-corrected chi connectivity index (χ1v) is 6.73. The van der Waals surface area contributed by atoms with Gasteiger partial charge in [-0.1, -0.05) is 6.07 Å². The van der Waals surface area contributed by atoms with E-state index in [9.17, 15) is 9.90 Å². The topological polar surface area (TPSA) is 78.8 Å². The van der Waals surface area contributed by atoms with Gasteiger partial charge in [-0.25, -0.2) is 4.79 Å². The van der Waals surface area contributed by atoms with Gasteiger partial charge in [0.1, 0.15) is 11.5 Å². The van der Waals surface area contributed by atoms with Crippen LogP contribution in [-0.2, 0) is 4.79 Å². The summed E-state index contributed by atoms with van der Waals surface area (Å²) in [7, 11) is 0. The zero-order valence-electron chi connectivity index (χ0n) is 9.92. The maximum atomic E-state index is 10.9. The molecule has 18 heavy (non-hydrogen) atoms. The number of rotatable bonds is 4. The van der Waals surface area contributed by atoms with E-state index in [4.69, 9.17) is 9.84 Å². The van der Waals surface area contributed by atoms with Gasteiger partial charge in [0.05, 0.1) is 6.61 Å². The highest BCUT2D eigenvalue weighted by Gasteiger charge is 2.31. The first kappa shape index (κ1) is 13.0. The Morgan fingerprint density at radius 1 is 1.61 bits per heavy atom. The highest BCUT2D eigenvalue weighted by molar-refractivity contribution is 8.00. The minimum atomic E-state index is -0.862. The standard InChI is InChI=1S/C12H15NO4S/c1-2-17-10-5-7(14)3-4-8(10)9-6-18-11(13-9)12(15)16/h3-5,9,11,13-14H,2,6H2,1H3,(H,15,16)/t9-,11+/m1/s1. The van der Waals surface area contributed by atoms with Crippen LogP contribution in [0, 0.1) is 0 Å². The van der Waals surface area contributed by atoms with Crippen LogP contribution in [0.1, 0.15) is 18.5 Å². The third kappa shape index (κ3) is 2.70. The molecule has 1 aliphatic rings. The lowest BCUT2D eigenvalue weighted by Gasteiger charge is -2.16. The van der Waals surface area contributed by atoms with Gasteiger partial charge in [-0.15, -0.1) is 11.8 Å². The molecular formula is C12H15NO4S. The van der Waals surface area contributed by atoms with Crippen molar-refractivity contribution in [3.63, 3.8) is 0 Å². The molecule has 2 atom stereocenters. The smallest absolute Gasteiger partial charge is 0.331 e. The van der Waals surface area contributed by atoms with Gasteiger partial charge in [-0.05, 0) is 13.0 Å². The molecule has 98 valence electrons. The summed E-state index contributed by atoms with van der Waals surface area (Å²) in [6, 6.07) is 4.83. The molecule has 1 saturated heterocycles. The molecule has 2 rings (SSSR count). The molecule has 1 aromatic carbocycles. The van der Waals surface area contributed by atoms with Gasteiger partial charge in [0, 0.05) is 23.4 Å². The maximum Gasteiger partial charge on any atom is 0.331 e. The number of carbonyl (C=O) groups is 1. The molecular weight excluding hydrogens is 254 g/mol. The lowest BCUT2D eigenvalue weighted by atomic mass is 10.1. The Labute approximate surface area is 109 Å². The summed E-state index contributed by atoms with van der Waals surface area (Å²) in [5, 5.41) is 20.8. The van der Waals surface area contributed by atoms with Crippen LogP contribution in [-0.4, -0.2) is 33.9 Å². The van der Waals surface area contributed by atoms with E-state index in [0.717, 1.165) is 5.56 Å². The number of thioether (sulfide) groups is 1.